The van der Waals surface area contributed by atoms with E-state index in [0.29, 0.717) is 17.9 Å². The average Bonchev–Trinajstić information content (AvgIpc) is 2.96. The highest BCUT2D eigenvalue weighted by molar-refractivity contribution is 5.94. The molecule has 3 N–H and O–H groups in total. The van der Waals surface area contributed by atoms with E-state index >= 15 is 0 Å². The maximum absolute atomic E-state index is 13.0. The van der Waals surface area contributed by atoms with Gasteiger partial charge in [-0.25, -0.2) is 4.98 Å². The van der Waals surface area contributed by atoms with Crippen LogP contribution in [0.2, 0.25) is 0 Å². The fraction of sp³-hybridized carbons (Fsp3) is 0.350. The first-order valence-electron chi connectivity index (χ1n) is 9.08. The normalized spacial score (nSPS) is 29.6. The van der Waals surface area contributed by atoms with E-state index < -0.39 is 11.5 Å². The number of carbonyl (C=O) groups excluding carboxylic acids is 1. The summed E-state index contributed by atoms with van der Waals surface area (Å²) in [7, 11) is 0. The number of rotatable bonds is 3. The van der Waals surface area contributed by atoms with Gasteiger partial charge in [0.15, 0.2) is 5.65 Å². The van der Waals surface area contributed by atoms with Crippen LogP contribution in [0.15, 0.2) is 48.7 Å². The smallest absolute Gasteiger partial charge is 0.272 e. The third-order valence-electron chi connectivity index (χ3n) is 6.20. The molecule has 0 radical (unpaired) electrons. The molecule has 1 aliphatic carbocycles. The van der Waals surface area contributed by atoms with Crippen molar-refractivity contribution in [3.8, 4) is 0 Å². The summed E-state index contributed by atoms with van der Waals surface area (Å²) in [4.78, 5) is 19.0. The van der Waals surface area contributed by atoms with Gasteiger partial charge in [0.1, 0.15) is 5.69 Å². The molecule has 3 aromatic rings. The predicted molar refractivity (Wildman–Crippen MR) is 98.0 cm³/mol. The SMILES string of the molecule is O=C(c1ccc2cn[nH]c2n1)N1C[C@@H](O)[C@@]2(C1)[C@H](CO)[C@H]2c1ccccc1. The Balaban J connectivity index is 1.43. The Morgan fingerprint density at radius 3 is 2.85 bits per heavy atom. The molecule has 1 saturated heterocycles. The highest BCUT2D eigenvalue weighted by Crippen LogP contribution is 2.68. The number of aliphatic hydroxyl groups is 2. The van der Waals surface area contributed by atoms with Gasteiger partial charge in [0, 0.05) is 30.5 Å². The Bertz CT molecular complexity index is 1000. The molecule has 2 aliphatic rings. The summed E-state index contributed by atoms with van der Waals surface area (Å²) in [5.41, 5.74) is 1.51. The van der Waals surface area contributed by atoms with Crippen molar-refractivity contribution in [2.45, 2.75) is 12.0 Å². The first kappa shape index (κ1) is 16.4. The zero-order valence-corrected chi connectivity index (χ0v) is 14.6. The van der Waals surface area contributed by atoms with Crippen molar-refractivity contribution in [2.24, 2.45) is 11.3 Å². The standard InChI is InChI=1S/C20H20N4O3/c25-10-14-17(12-4-2-1-3-5-12)20(14)11-24(9-16(20)26)19(27)15-7-6-13-8-21-23-18(13)22-15/h1-8,14,16-17,25-26H,9-11H2,(H,21,22,23)/t14-,16-,17-,20-/m1/s1. The van der Waals surface area contributed by atoms with E-state index in [1.807, 2.05) is 36.4 Å². The number of β-amino-alcohol motifs (C(OH)–C–C–N with tert-alkyl or cyclic N) is 1. The molecular weight excluding hydrogens is 344 g/mol. The Morgan fingerprint density at radius 1 is 1.26 bits per heavy atom. The van der Waals surface area contributed by atoms with Gasteiger partial charge in [0.25, 0.3) is 5.91 Å². The molecular formula is C20H20N4O3. The number of aliphatic hydroxyl groups excluding tert-OH is 2. The minimum Gasteiger partial charge on any atom is -0.396 e. The summed E-state index contributed by atoms with van der Waals surface area (Å²) < 4.78 is 0. The van der Waals surface area contributed by atoms with Crippen LogP contribution in [0.4, 0.5) is 0 Å². The third kappa shape index (κ3) is 2.32. The molecule has 1 aliphatic heterocycles. The molecule has 0 bridgehead atoms. The fourth-order valence-electron chi connectivity index (χ4n) is 4.83. The van der Waals surface area contributed by atoms with E-state index in [9.17, 15) is 15.0 Å². The molecule has 1 saturated carbocycles. The Labute approximate surface area is 155 Å². The lowest BCUT2D eigenvalue weighted by molar-refractivity contribution is 0.0758. The average molecular weight is 364 g/mol. The van der Waals surface area contributed by atoms with Crippen LogP contribution in [0.1, 0.15) is 22.0 Å². The topological polar surface area (TPSA) is 102 Å². The minimum absolute atomic E-state index is 0.00297. The van der Waals surface area contributed by atoms with Gasteiger partial charge in [-0.05, 0) is 29.5 Å². The number of pyridine rings is 1. The first-order valence-corrected chi connectivity index (χ1v) is 9.08. The number of amides is 1. The largest absolute Gasteiger partial charge is 0.396 e. The predicted octanol–water partition coefficient (Wildman–Crippen LogP) is 1.17. The molecule has 1 amide bonds. The van der Waals surface area contributed by atoms with E-state index in [-0.39, 0.29) is 30.9 Å². The molecule has 2 fully saturated rings. The minimum atomic E-state index is -0.667. The van der Waals surface area contributed by atoms with Crippen LogP contribution < -0.4 is 0 Å². The molecule has 27 heavy (non-hydrogen) atoms. The van der Waals surface area contributed by atoms with Crippen molar-refractivity contribution in [3.63, 3.8) is 0 Å². The van der Waals surface area contributed by atoms with Crippen LogP contribution in [0, 0.1) is 11.3 Å². The molecule has 5 rings (SSSR count). The summed E-state index contributed by atoms with van der Waals surface area (Å²) in [5.74, 6) is -0.201. The molecule has 138 valence electrons. The van der Waals surface area contributed by atoms with Crippen molar-refractivity contribution in [1.29, 1.82) is 0 Å². The molecule has 7 nitrogen and oxygen atoms in total. The second kappa shape index (κ2) is 5.87. The summed E-state index contributed by atoms with van der Waals surface area (Å²) in [6.07, 6.45) is 0.991. The van der Waals surface area contributed by atoms with Crippen molar-refractivity contribution >= 4 is 16.9 Å². The number of likely N-dealkylation sites (tertiary alicyclic amines) is 1. The lowest BCUT2D eigenvalue weighted by Crippen LogP contribution is -2.30. The lowest BCUT2D eigenvalue weighted by Gasteiger charge is -2.16. The number of fused-ring (bicyclic) bond motifs is 1. The van der Waals surface area contributed by atoms with Gasteiger partial charge in [-0.15, -0.1) is 0 Å². The highest BCUT2D eigenvalue weighted by Gasteiger charge is 2.71. The summed E-state index contributed by atoms with van der Waals surface area (Å²) in [6, 6.07) is 13.4. The van der Waals surface area contributed by atoms with Crippen LogP contribution in [0.3, 0.4) is 0 Å². The Morgan fingerprint density at radius 2 is 2.07 bits per heavy atom. The van der Waals surface area contributed by atoms with E-state index in [0.717, 1.165) is 10.9 Å². The van der Waals surface area contributed by atoms with Gasteiger partial charge >= 0.3 is 0 Å². The second-order valence-corrected chi connectivity index (χ2v) is 7.50. The molecule has 7 heteroatoms. The zero-order valence-electron chi connectivity index (χ0n) is 14.6. The Hall–Kier alpha value is -2.77. The van der Waals surface area contributed by atoms with Gasteiger partial charge in [0.2, 0.25) is 0 Å². The third-order valence-corrected chi connectivity index (χ3v) is 6.20. The number of aromatic amines is 1. The maximum atomic E-state index is 13.0. The van der Waals surface area contributed by atoms with E-state index in [1.54, 1.807) is 17.2 Å². The number of H-pyrrole nitrogens is 1. The molecule has 3 heterocycles. The van der Waals surface area contributed by atoms with Gasteiger partial charge in [-0.1, -0.05) is 30.3 Å². The van der Waals surface area contributed by atoms with Crippen LogP contribution >= 0.6 is 0 Å². The Kier molecular flexibility index (Phi) is 3.57. The van der Waals surface area contributed by atoms with E-state index in [4.69, 9.17) is 0 Å². The van der Waals surface area contributed by atoms with Crippen molar-refractivity contribution in [2.75, 3.05) is 19.7 Å². The van der Waals surface area contributed by atoms with E-state index in [2.05, 4.69) is 15.2 Å². The lowest BCUT2D eigenvalue weighted by atomic mass is 9.95. The first-order chi connectivity index (χ1) is 13.1. The number of benzene rings is 1. The van der Waals surface area contributed by atoms with Crippen LogP contribution in [0.5, 0.6) is 0 Å². The number of nitrogens with zero attached hydrogens (tertiary/aromatic N) is 3. The maximum Gasteiger partial charge on any atom is 0.272 e. The molecule has 1 aromatic carbocycles. The van der Waals surface area contributed by atoms with Gasteiger partial charge in [-0.2, -0.15) is 5.10 Å². The van der Waals surface area contributed by atoms with Gasteiger partial charge in [-0.3, -0.25) is 9.89 Å². The summed E-state index contributed by atoms with van der Waals surface area (Å²) in [5, 5.41) is 28.2. The van der Waals surface area contributed by atoms with Crippen molar-refractivity contribution in [1.82, 2.24) is 20.1 Å². The highest BCUT2D eigenvalue weighted by atomic mass is 16.3. The monoisotopic (exact) mass is 364 g/mol. The fourth-order valence-corrected chi connectivity index (χ4v) is 4.83. The van der Waals surface area contributed by atoms with Crippen LogP contribution in [-0.4, -0.2) is 62.0 Å². The zero-order chi connectivity index (χ0) is 18.6. The van der Waals surface area contributed by atoms with Gasteiger partial charge < -0.3 is 15.1 Å². The van der Waals surface area contributed by atoms with Crippen LogP contribution in [0.25, 0.3) is 11.0 Å². The number of hydrogen-bond acceptors (Lipinski definition) is 5. The second-order valence-electron chi connectivity index (χ2n) is 7.50. The van der Waals surface area contributed by atoms with Gasteiger partial charge in [0.05, 0.1) is 12.3 Å². The van der Waals surface area contributed by atoms with Crippen LogP contribution in [-0.2, 0) is 0 Å². The van der Waals surface area contributed by atoms with Crippen molar-refractivity contribution in [3.05, 3.63) is 59.9 Å². The van der Waals surface area contributed by atoms with E-state index in [1.165, 1.54) is 0 Å². The number of carbonyl (C=O) groups is 1. The molecule has 0 unspecified atom stereocenters. The molecule has 1 spiro atoms. The number of aromatic nitrogens is 3. The number of nitrogens with one attached hydrogen (secondary N) is 1. The molecule has 2 aromatic heterocycles. The summed E-state index contributed by atoms with van der Waals surface area (Å²) >= 11 is 0. The number of hydrogen-bond donors (Lipinski definition) is 3. The van der Waals surface area contributed by atoms with Crippen molar-refractivity contribution < 1.29 is 15.0 Å². The molecule has 4 atom stereocenters. The summed E-state index contributed by atoms with van der Waals surface area (Å²) in [6.45, 7) is 0.666. The quantitative estimate of drug-likeness (QED) is 0.647.